The Morgan fingerprint density at radius 3 is 2.80 bits per heavy atom. The molecule has 2 aliphatic heterocycles. The van der Waals surface area contributed by atoms with E-state index >= 15 is 0 Å². The van der Waals surface area contributed by atoms with Crippen LogP contribution in [0.1, 0.15) is 37.9 Å². The van der Waals surface area contributed by atoms with Crippen LogP contribution in [0.15, 0.2) is 24.4 Å². The number of fused-ring (bicyclic) bond motifs is 1. The maximum atomic E-state index is 14.5. The van der Waals surface area contributed by atoms with Crippen LogP contribution in [-0.2, 0) is 0 Å². The van der Waals surface area contributed by atoms with Gasteiger partial charge in [-0.15, -0.1) is 5.10 Å². The molecule has 2 aromatic heterocycles. The number of hydrogen-bond acceptors (Lipinski definition) is 9. The maximum Gasteiger partial charge on any atom is 0.229 e. The molecule has 0 radical (unpaired) electrons. The summed E-state index contributed by atoms with van der Waals surface area (Å²) in [5.74, 6) is 1.93. The molecule has 186 valence electrons. The summed E-state index contributed by atoms with van der Waals surface area (Å²) in [5, 5.41) is 18.2. The van der Waals surface area contributed by atoms with Crippen molar-refractivity contribution in [3.05, 3.63) is 36.0 Å². The smallest absolute Gasteiger partial charge is 0.229 e. The minimum atomic E-state index is -0.415. The molecule has 10 nitrogen and oxygen atoms in total. The normalized spacial score (nSPS) is 20.3. The Labute approximate surface area is 204 Å². The molecule has 1 aromatic carbocycles. The van der Waals surface area contributed by atoms with E-state index in [1.54, 1.807) is 25.3 Å². The number of piperidine rings is 2. The molecule has 2 N–H and O–H groups in total. The molecule has 35 heavy (non-hydrogen) atoms. The zero-order valence-electron chi connectivity index (χ0n) is 20.6. The van der Waals surface area contributed by atoms with Crippen molar-refractivity contribution in [3.8, 4) is 5.69 Å². The quantitative estimate of drug-likeness (QED) is 0.527. The van der Waals surface area contributed by atoms with E-state index in [2.05, 4.69) is 36.0 Å². The van der Waals surface area contributed by atoms with Crippen LogP contribution in [0.25, 0.3) is 5.69 Å². The van der Waals surface area contributed by atoms with Gasteiger partial charge in [-0.2, -0.15) is 9.67 Å². The molecule has 2 atom stereocenters. The van der Waals surface area contributed by atoms with Crippen molar-refractivity contribution in [1.82, 2.24) is 35.1 Å². The first kappa shape index (κ1) is 23.4. The van der Waals surface area contributed by atoms with E-state index in [9.17, 15) is 4.39 Å². The minimum Gasteiger partial charge on any atom is -0.373 e. The lowest BCUT2D eigenvalue weighted by Crippen LogP contribution is -2.49. The lowest BCUT2D eigenvalue weighted by atomic mass is 9.83. The molecule has 4 heterocycles. The molecule has 0 aliphatic carbocycles. The van der Waals surface area contributed by atoms with Gasteiger partial charge in [-0.3, -0.25) is 0 Å². The topological polar surface area (TPSA) is 99.9 Å². The Kier molecular flexibility index (Phi) is 6.76. The predicted molar refractivity (Wildman–Crippen MR) is 134 cm³/mol. The van der Waals surface area contributed by atoms with Crippen molar-refractivity contribution < 1.29 is 4.39 Å². The third kappa shape index (κ3) is 5.04. The van der Waals surface area contributed by atoms with Crippen LogP contribution < -0.4 is 15.5 Å². The van der Waals surface area contributed by atoms with Gasteiger partial charge in [0.15, 0.2) is 11.6 Å². The number of aryl methyl sites for hydroxylation is 1. The Balaban J connectivity index is 1.34. The summed E-state index contributed by atoms with van der Waals surface area (Å²) in [6.07, 6.45) is 8.25. The van der Waals surface area contributed by atoms with Gasteiger partial charge in [0.2, 0.25) is 5.95 Å². The number of halogens is 1. The molecule has 2 aliphatic rings. The summed E-state index contributed by atoms with van der Waals surface area (Å²) in [7, 11) is 3.97. The summed E-state index contributed by atoms with van der Waals surface area (Å²) in [5.41, 5.74) is 1.83. The molecule has 0 unspecified atom stereocenters. The second-order valence-electron chi connectivity index (χ2n) is 9.63. The van der Waals surface area contributed by atoms with Crippen molar-refractivity contribution in [2.24, 2.45) is 5.92 Å². The number of nitrogens with zero attached hydrogens (tertiary/aromatic N) is 8. The molecule has 11 heteroatoms. The summed E-state index contributed by atoms with van der Waals surface area (Å²) in [6, 6.07) is 5.34. The number of nitrogens with one attached hydrogen (secondary N) is 2. The van der Waals surface area contributed by atoms with E-state index in [0.29, 0.717) is 29.4 Å². The molecule has 3 aromatic rings. The van der Waals surface area contributed by atoms with Crippen LogP contribution in [0.4, 0.5) is 27.5 Å². The van der Waals surface area contributed by atoms with Gasteiger partial charge in [0.05, 0.1) is 11.9 Å². The van der Waals surface area contributed by atoms with E-state index in [4.69, 9.17) is 4.98 Å². The highest BCUT2D eigenvalue weighted by Crippen LogP contribution is 2.32. The monoisotopic (exact) mass is 480 g/mol. The van der Waals surface area contributed by atoms with Gasteiger partial charge in [0.25, 0.3) is 0 Å². The predicted octanol–water partition coefficient (Wildman–Crippen LogP) is 3.39. The van der Waals surface area contributed by atoms with Crippen LogP contribution in [0.3, 0.4) is 0 Å². The van der Waals surface area contributed by atoms with Gasteiger partial charge >= 0.3 is 0 Å². The number of hydrogen-bond donors (Lipinski definition) is 2. The van der Waals surface area contributed by atoms with Gasteiger partial charge in [0.1, 0.15) is 11.5 Å². The number of tetrazole rings is 1. The van der Waals surface area contributed by atoms with Gasteiger partial charge in [-0.25, -0.2) is 9.37 Å². The third-order valence-corrected chi connectivity index (χ3v) is 7.07. The van der Waals surface area contributed by atoms with Crippen molar-refractivity contribution in [3.63, 3.8) is 0 Å². The summed E-state index contributed by atoms with van der Waals surface area (Å²) in [4.78, 5) is 14.0. The SMILES string of the molecule is Cc1nnnn1-c1cc(Nc2ncc(N(C)C)c(NC[C@@H]3CCCN4CCCC[C@H]34)n2)ccc1F. The Hall–Kier alpha value is -3.34. The lowest BCUT2D eigenvalue weighted by Gasteiger charge is -2.44. The van der Waals surface area contributed by atoms with E-state index in [1.807, 2.05) is 19.0 Å². The van der Waals surface area contributed by atoms with Crippen LogP contribution in [0.5, 0.6) is 0 Å². The number of aromatic nitrogens is 6. The van der Waals surface area contributed by atoms with E-state index in [-0.39, 0.29) is 5.69 Å². The van der Waals surface area contributed by atoms with Crippen molar-refractivity contribution in [1.29, 1.82) is 0 Å². The van der Waals surface area contributed by atoms with E-state index < -0.39 is 5.82 Å². The molecule has 2 saturated heterocycles. The Morgan fingerprint density at radius 2 is 2.00 bits per heavy atom. The summed E-state index contributed by atoms with van der Waals surface area (Å²) < 4.78 is 15.8. The van der Waals surface area contributed by atoms with E-state index in [0.717, 1.165) is 18.1 Å². The van der Waals surface area contributed by atoms with Crippen LogP contribution in [0, 0.1) is 18.7 Å². The molecule has 0 bridgehead atoms. The maximum absolute atomic E-state index is 14.5. The van der Waals surface area contributed by atoms with Gasteiger partial charge < -0.3 is 20.4 Å². The van der Waals surface area contributed by atoms with Crippen LogP contribution in [-0.4, -0.2) is 74.8 Å². The standard InChI is InChI=1S/C24H33FN10/c1-16-30-31-32-35(16)21-13-18(9-10-19(21)25)28-24-27-15-22(33(2)3)23(29-24)26-14-17-7-6-12-34-11-5-4-8-20(17)34/h9-10,13,15,17,20H,4-8,11-12,14H2,1-3H3,(H2,26,27,28,29)/t17-,20+/m0/s1. The van der Waals surface area contributed by atoms with Gasteiger partial charge in [0, 0.05) is 32.4 Å². The highest BCUT2D eigenvalue weighted by molar-refractivity contribution is 5.67. The molecule has 5 rings (SSSR count). The number of rotatable bonds is 7. The van der Waals surface area contributed by atoms with Crippen molar-refractivity contribution in [2.75, 3.05) is 49.3 Å². The largest absolute Gasteiger partial charge is 0.373 e. The highest BCUT2D eigenvalue weighted by Gasteiger charge is 2.32. The Morgan fingerprint density at radius 1 is 1.14 bits per heavy atom. The average Bonchev–Trinajstić information content (AvgIpc) is 3.29. The fourth-order valence-corrected chi connectivity index (χ4v) is 5.27. The third-order valence-electron chi connectivity index (χ3n) is 7.07. The lowest BCUT2D eigenvalue weighted by molar-refractivity contribution is 0.0649. The molecule has 0 spiro atoms. The number of anilines is 4. The second kappa shape index (κ2) is 10.1. The summed E-state index contributed by atoms with van der Waals surface area (Å²) in [6.45, 7) is 5.07. The first-order valence-corrected chi connectivity index (χ1v) is 12.3. The van der Waals surface area contributed by atoms with Crippen molar-refractivity contribution >= 4 is 23.1 Å². The minimum absolute atomic E-state index is 0.259. The second-order valence-corrected chi connectivity index (χ2v) is 9.63. The van der Waals surface area contributed by atoms with E-state index in [1.165, 1.54) is 55.9 Å². The van der Waals surface area contributed by atoms with Crippen LogP contribution >= 0.6 is 0 Å². The molecule has 0 saturated carbocycles. The van der Waals surface area contributed by atoms with Gasteiger partial charge in [-0.05, 0) is 80.2 Å². The number of benzene rings is 1. The zero-order valence-corrected chi connectivity index (χ0v) is 20.6. The summed E-state index contributed by atoms with van der Waals surface area (Å²) >= 11 is 0. The molecular weight excluding hydrogens is 447 g/mol. The molecule has 2 fully saturated rings. The zero-order chi connectivity index (χ0) is 24.4. The Bertz CT molecular complexity index is 1160. The molecular formula is C24H33FN10. The van der Waals surface area contributed by atoms with Crippen LogP contribution in [0.2, 0.25) is 0 Å². The van der Waals surface area contributed by atoms with Crippen molar-refractivity contribution in [2.45, 2.75) is 45.1 Å². The molecule has 0 amide bonds. The highest BCUT2D eigenvalue weighted by atomic mass is 19.1. The fourth-order valence-electron chi connectivity index (χ4n) is 5.27. The van der Waals surface area contributed by atoms with Gasteiger partial charge in [-0.1, -0.05) is 6.42 Å². The average molecular weight is 481 g/mol. The first-order valence-electron chi connectivity index (χ1n) is 12.3. The fraction of sp³-hybridized carbons (Fsp3) is 0.542. The first-order chi connectivity index (χ1) is 17.0.